The van der Waals surface area contributed by atoms with E-state index < -0.39 is 0 Å². The van der Waals surface area contributed by atoms with E-state index in [0.29, 0.717) is 21.7 Å². The van der Waals surface area contributed by atoms with Gasteiger partial charge in [0.1, 0.15) is 0 Å². The lowest BCUT2D eigenvalue weighted by Gasteiger charge is -2.32. The smallest absolute Gasteiger partial charge is 0.181 e. The van der Waals surface area contributed by atoms with Crippen LogP contribution >= 0.6 is 23.2 Å². The average Bonchev–Trinajstić information content (AvgIpc) is 2.62. The van der Waals surface area contributed by atoms with Crippen LogP contribution < -0.4 is 0 Å². The van der Waals surface area contributed by atoms with Gasteiger partial charge in [0, 0.05) is 16.6 Å². The predicted molar refractivity (Wildman–Crippen MR) is 84.9 cm³/mol. The minimum atomic E-state index is -0.137. The summed E-state index contributed by atoms with van der Waals surface area (Å²) in [5.74, 6) is 0.0837. The number of hydrogen-bond acceptors (Lipinski definition) is 2. The van der Waals surface area contributed by atoms with E-state index in [1.807, 2.05) is 6.92 Å². The Morgan fingerprint density at radius 2 is 2.05 bits per heavy atom. The first-order valence-corrected chi connectivity index (χ1v) is 8.01. The lowest BCUT2D eigenvalue weighted by molar-refractivity contribution is 0.0780. The second-order valence-electron chi connectivity index (χ2n) is 5.60. The minimum absolute atomic E-state index is 0.0837. The van der Waals surface area contributed by atoms with Crippen molar-refractivity contribution in [3.63, 3.8) is 0 Å². The number of carbonyl (C=O) groups excluding carboxylic acids is 1. The molecule has 1 aliphatic rings. The molecule has 2 atom stereocenters. The summed E-state index contributed by atoms with van der Waals surface area (Å²) in [7, 11) is 0. The molecule has 0 spiro atoms. The number of halogens is 2. The molecule has 0 aliphatic carbocycles. The SMILES string of the molecule is CC1CCCCCN1C(C)C(=O)c1ccc(Cl)cc1Cl. The summed E-state index contributed by atoms with van der Waals surface area (Å²) in [6, 6.07) is 5.39. The number of benzene rings is 1. The Morgan fingerprint density at radius 1 is 1.30 bits per heavy atom. The van der Waals surface area contributed by atoms with Crippen LogP contribution in [0.25, 0.3) is 0 Å². The Balaban J connectivity index is 2.18. The molecule has 4 heteroatoms. The minimum Gasteiger partial charge on any atom is -0.292 e. The molecule has 1 aromatic rings. The third-order valence-corrected chi connectivity index (χ3v) is 4.73. The summed E-state index contributed by atoms with van der Waals surface area (Å²) in [6.07, 6.45) is 4.83. The van der Waals surface area contributed by atoms with Gasteiger partial charge in [-0.3, -0.25) is 9.69 Å². The van der Waals surface area contributed by atoms with Gasteiger partial charge in [0.05, 0.1) is 11.1 Å². The number of nitrogens with zero attached hydrogens (tertiary/aromatic N) is 1. The molecule has 0 bridgehead atoms. The second-order valence-corrected chi connectivity index (χ2v) is 6.44. The van der Waals surface area contributed by atoms with E-state index >= 15 is 0 Å². The molecule has 0 amide bonds. The molecule has 1 heterocycles. The van der Waals surface area contributed by atoms with Crippen LogP contribution in [0.1, 0.15) is 49.9 Å². The number of likely N-dealkylation sites (tertiary alicyclic amines) is 1. The molecular weight excluding hydrogens is 293 g/mol. The zero-order valence-electron chi connectivity index (χ0n) is 12.0. The van der Waals surface area contributed by atoms with Gasteiger partial charge in [0.2, 0.25) is 0 Å². The fourth-order valence-electron chi connectivity index (χ4n) is 2.94. The molecule has 20 heavy (non-hydrogen) atoms. The van der Waals surface area contributed by atoms with E-state index in [4.69, 9.17) is 23.2 Å². The van der Waals surface area contributed by atoms with Crippen LogP contribution in [0.3, 0.4) is 0 Å². The number of hydrogen-bond donors (Lipinski definition) is 0. The maximum Gasteiger partial charge on any atom is 0.181 e. The fraction of sp³-hybridized carbons (Fsp3) is 0.562. The molecule has 0 N–H and O–H groups in total. The van der Waals surface area contributed by atoms with E-state index in [1.54, 1.807) is 18.2 Å². The molecule has 0 radical (unpaired) electrons. The Morgan fingerprint density at radius 3 is 2.75 bits per heavy atom. The quantitative estimate of drug-likeness (QED) is 0.745. The van der Waals surface area contributed by atoms with Gasteiger partial charge in [-0.05, 0) is 51.4 Å². The molecule has 1 saturated heterocycles. The maximum absolute atomic E-state index is 12.7. The normalized spacial score (nSPS) is 22.3. The molecule has 2 nitrogen and oxygen atoms in total. The molecule has 2 unspecified atom stereocenters. The van der Waals surface area contributed by atoms with Crippen molar-refractivity contribution in [3.8, 4) is 0 Å². The van der Waals surface area contributed by atoms with Crippen molar-refractivity contribution < 1.29 is 4.79 Å². The largest absolute Gasteiger partial charge is 0.292 e. The summed E-state index contributed by atoms with van der Waals surface area (Å²) >= 11 is 12.0. The van der Waals surface area contributed by atoms with Crippen LogP contribution in [-0.2, 0) is 0 Å². The van der Waals surface area contributed by atoms with E-state index in [2.05, 4.69) is 11.8 Å². The summed E-state index contributed by atoms with van der Waals surface area (Å²) in [5.41, 5.74) is 0.569. The topological polar surface area (TPSA) is 20.3 Å². The van der Waals surface area contributed by atoms with Gasteiger partial charge in [-0.1, -0.05) is 36.0 Å². The number of carbonyl (C=O) groups is 1. The van der Waals surface area contributed by atoms with Gasteiger partial charge in [-0.15, -0.1) is 0 Å². The standard InChI is InChI=1S/C16H21Cl2NO/c1-11-6-4-3-5-9-19(11)12(2)16(20)14-8-7-13(17)10-15(14)18/h7-8,10-12H,3-6,9H2,1-2H3. The number of Topliss-reactive ketones (excluding diaryl/α,β-unsaturated/α-hetero) is 1. The first-order valence-electron chi connectivity index (χ1n) is 7.25. The maximum atomic E-state index is 12.7. The first-order chi connectivity index (χ1) is 9.50. The Hall–Kier alpha value is -0.570. The summed E-state index contributed by atoms with van der Waals surface area (Å²) in [6.45, 7) is 5.17. The summed E-state index contributed by atoms with van der Waals surface area (Å²) in [4.78, 5) is 15.0. The highest BCUT2D eigenvalue weighted by molar-refractivity contribution is 6.37. The van der Waals surface area contributed by atoms with Crippen molar-refractivity contribution in [3.05, 3.63) is 33.8 Å². The van der Waals surface area contributed by atoms with Gasteiger partial charge in [0.25, 0.3) is 0 Å². The van der Waals surface area contributed by atoms with Gasteiger partial charge in [-0.2, -0.15) is 0 Å². The van der Waals surface area contributed by atoms with Crippen LogP contribution in [0.15, 0.2) is 18.2 Å². The molecule has 0 aromatic heterocycles. The third kappa shape index (κ3) is 3.55. The van der Waals surface area contributed by atoms with Crippen LogP contribution in [-0.4, -0.2) is 29.3 Å². The van der Waals surface area contributed by atoms with Crippen molar-refractivity contribution in [2.24, 2.45) is 0 Å². The van der Waals surface area contributed by atoms with Crippen molar-refractivity contribution >= 4 is 29.0 Å². The van der Waals surface area contributed by atoms with E-state index in [1.165, 1.54) is 12.8 Å². The highest BCUT2D eigenvalue weighted by Gasteiger charge is 2.28. The van der Waals surface area contributed by atoms with E-state index in [-0.39, 0.29) is 11.8 Å². The molecule has 1 aliphatic heterocycles. The zero-order chi connectivity index (χ0) is 14.7. The summed E-state index contributed by atoms with van der Waals surface area (Å²) < 4.78 is 0. The number of rotatable bonds is 3. The zero-order valence-corrected chi connectivity index (χ0v) is 13.5. The Bertz CT molecular complexity index is 489. The van der Waals surface area contributed by atoms with Crippen molar-refractivity contribution in [2.75, 3.05) is 6.54 Å². The highest BCUT2D eigenvalue weighted by Crippen LogP contribution is 2.25. The molecule has 1 aromatic carbocycles. The molecule has 0 saturated carbocycles. The molecule has 1 fully saturated rings. The highest BCUT2D eigenvalue weighted by atomic mass is 35.5. The van der Waals surface area contributed by atoms with Crippen LogP contribution in [0, 0.1) is 0 Å². The third-order valence-electron chi connectivity index (χ3n) is 4.18. The number of ketones is 1. The van der Waals surface area contributed by atoms with Crippen molar-refractivity contribution in [1.29, 1.82) is 0 Å². The average molecular weight is 314 g/mol. The van der Waals surface area contributed by atoms with Gasteiger partial charge < -0.3 is 0 Å². The molecule has 110 valence electrons. The Labute approximate surface area is 131 Å². The van der Waals surface area contributed by atoms with E-state index in [9.17, 15) is 4.79 Å². The molecular formula is C16H21Cl2NO. The lowest BCUT2D eigenvalue weighted by atomic mass is 10.0. The van der Waals surface area contributed by atoms with Gasteiger partial charge in [-0.25, -0.2) is 0 Å². The van der Waals surface area contributed by atoms with Crippen LogP contribution in [0.5, 0.6) is 0 Å². The van der Waals surface area contributed by atoms with Crippen LogP contribution in [0.4, 0.5) is 0 Å². The summed E-state index contributed by atoms with van der Waals surface area (Å²) in [5, 5.41) is 0.999. The Kier molecular flexibility index (Phi) is 5.48. The monoisotopic (exact) mass is 313 g/mol. The van der Waals surface area contributed by atoms with Gasteiger partial charge >= 0.3 is 0 Å². The van der Waals surface area contributed by atoms with Crippen molar-refractivity contribution in [2.45, 2.75) is 51.6 Å². The molecule has 2 rings (SSSR count). The van der Waals surface area contributed by atoms with Gasteiger partial charge in [0.15, 0.2) is 5.78 Å². The fourth-order valence-corrected chi connectivity index (χ4v) is 3.44. The first kappa shape index (κ1) is 15.8. The lowest BCUT2D eigenvalue weighted by Crippen LogP contribution is -2.44. The second kappa shape index (κ2) is 6.93. The van der Waals surface area contributed by atoms with E-state index in [0.717, 1.165) is 19.4 Å². The van der Waals surface area contributed by atoms with Crippen LogP contribution in [0.2, 0.25) is 10.0 Å². The van der Waals surface area contributed by atoms with Crippen molar-refractivity contribution in [1.82, 2.24) is 4.90 Å². The predicted octanol–water partition coefficient (Wildman–Crippen LogP) is 4.83.